The Bertz CT molecular complexity index is 1280. The van der Waals surface area contributed by atoms with Crippen LogP contribution in [0.3, 0.4) is 0 Å². The van der Waals surface area contributed by atoms with Gasteiger partial charge in [0.2, 0.25) is 0 Å². The lowest BCUT2D eigenvalue weighted by Crippen LogP contribution is -2.34. The molecule has 1 saturated carbocycles. The van der Waals surface area contributed by atoms with Crippen molar-refractivity contribution >= 4 is 29.4 Å². The zero-order chi connectivity index (χ0) is 25.1. The number of aryl methyl sites for hydroxylation is 3. The Morgan fingerprint density at radius 3 is 2.36 bits per heavy atom. The van der Waals surface area contributed by atoms with Crippen LogP contribution >= 0.6 is 0 Å². The number of hydrogen-bond acceptors (Lipinski definition) is 3. The summed E-state index contributed by atoms with van der Waals surface area (Å²) in [6, 6.07) is 22.0. The van der Waals surface area contributed by atoms with Crippen LogP contribution in [-0.4, -0.2) is 30.1 Å². The van der Waals surface area contributed by atoms with Gasteiger partial charge in [0.05, 0.1) is 17.1 Å². The predicted octanol–water partition coefficient (Wildman–Crippen LogP) is 7.08. The summed E-state index contributed by atoms with van der Waals surface area (Å²) >= 11 is 0. The Balaban J connectivity index is 1.61. The normalized spacial score (nSPS) is 16.4. The van der Waals surface area contributed by atoms with Gasteiger partial charge >= 0.3 is 6.03 Å². The minimum atomic E-state index is -0.197. The second-order valence-corrected chi connectivity index (χ2v) is 9.95. The molecule has 1 aliphatic heterocycles. The number of benzene rings is 3. The van der Waals surface area contributed by atoms with Gasteiger partial charge in [-0.3, -0.25) is 9.69 Å². The largest absolute Gasteiger partial charge is 0.349 e. The van der Waals surface area contributed by atoms with E-state index in [1.165, 1.54) is 41.0 Å². The third-order valence-electron chi connectivity index (χ3n) is 7.50. The van der Waals surface area contributed by atoms with Crippen molar-refractivity contribution in [3.05, 3.63) is 94.5 Å². The summed E-state index contributed by atoms with van der Waals surface area (Å²) < 4.78 is 0. The second-order valence-electron chi connectivity index (χ2n) is 9.95. The van der Waals surface area contributed by atoms with Crippen LogP contribution in [0.5, 0.6) is 0 Å². The topological polar surface area (TPSA) is 53.0 Å². The summed E-state index contributed by atoms with van der Waals surface area (Å²) in [5.41, 5.74) is 8.03. The summed E-state index contributed by atoms with van der Waals surface area (Å²) in [6.07, 6.45) is 8.56. The lowest BCUT2D eigenvalue weighted by Gasteiger charge is -2.27. The fourth-order valence-corrected chi connectivity index (χ4v) is 5.46. The molecule has 184 valence electrons. The maximum absolute atomic E-state index is 13.7. The Morgan fingerprint density at radius 1 is 0.944 bits per heavy atom. The Kier molecular flexibility index (Phi) is 6.99. The molecule has 0 radical (unpaired) electrons. The van der Waals surface area contributed by atoms with Crippen LogP contribution in [0.4, 0.5) is 16.2 Å². The van der Waals surface area contributed by atoms with E-state index in [0.29, 0.717) is 11.5 Å². The van der Waals surface area contributed by atoms with Crippen LogP contribution in [0.1, 0.15) is 64.7 Å². The number of anilines is 2. The maximum atomic E-state index is 13.7. The average molecular weight is 480 g/mol. The van der Waals surface area contributed by atoms with Crippen molar-refractivity contribution in [2.45, 2.75) is 51.9 Å². The van der Waals surface area contributed by atoms with E-state index in [2.05, 4.69) is 43.3 Å². The van der Waals surface area contributed by atoms with Crippen molar-refractivity contribution in [3.8, 4) is 0 Å². The van der Waals surface area contributed by atoms with Crippen LogP contribution in [0, 0.1) is 12.8 Å². The van der Waals surface area contributed by atoms with Crippen LogP contribution in [-0.2, 0) is 12.8 Å². The highest BCUT2D eigenvalue weighted by Gasteiger charge is 2.33. The highest BCUT2D eigenvalue weighted by atomic mass is 16.2. The van der Waals surface area contributed by atoms with Crippen molar-refractivity contribution in [2.75, 3.05) is 11.9 Å². The number of hydrogen-bond donors (Lipinski definition) is 0. The summed E-state index contributed by atoms with van der Waals surface area (Å²) in [5.74, 6) is 0.342. The molecule has 0 saturated heterocycles. The van der Waals surface area contributed by atoms with Gasteiger partial charge in [0.15, 0.2) is 0 Å². The van der Waals surface area contributed by atoms with E-state index in [1.54, 1.807) is 24.1 Å². The van der Waals surface area contributed by atoms with E-state index in [4.69, 9.17) is 5.10 Å². The number of aldehydes is 1. The monoisotopic (exact) mass is 479 g/mol. The molecule has 0 spiro atoms. The molecular formula is C31H33N3O2. The standard InChI is InChI=1S/C31H33N3O2/c1-22-19-29-28(20-26(22)16-13-23-9-5-3-6-10-23)30(25-11-7-4-8-12-25)32-33(2)31(36)34(29)27-17-14-24(21-35)15-18-27/h3,5-6,9-10,14-15,17-21,25H,4,7-8,11-13,16H2,1-2H3. The average Bonchev–Trinajstić information content (AvgIpc) is 3.02. The first-order valence-electron chi connectivity index (χ1n) is 12.9. The zero-order valence-electron chi connectivity index (χ0n) is 21.1. The Morgan fingerprint density at radius 2 is 1.67 bits per heavy atom. The van der Waals surface area contributed by atoms with Crippen LogP contribution < -0.4 is 4.90 Å². The molecule has 0 unspecified atom stereocenters. The quantitative estimate of drug-likeness (QED) is 0.355. The van der Waals surface area contributed by atoms with Gasteiger partial charge in [0.25, 0.3) is 0 Å². The number of carbonyl (C=O) groups excluding carboxylic acids is 2. The first-order valence-corrected chi connectivity index (χ1v) is 12.9. The summed E-state index contributed by atoms with van der Waals surface area (Å²) in [6.45, 7) is 2.13. The summed E-state index contributed by atoms with van der Waals surface area (Å²) in [4.78, 5) is 26.6. The third kappa shape index (κ3) is 4.83. The van der Waals surface area contributed by atoms with Gasteiger partial charge in [-0.25, -0.2) is 9.80 Å². The molecule has 0 N–H and O–H groups in total. The van der Waals surface area contributed by atoms with Crippen LogP contribution in [0.25, 0.3) is 0 Å². The molecule has 5 nitrogen and oxygen atoms in total. The number of nitrogens with zero attached hydrogens (tertiary/aromatic N) is 3. The van der Waals surface area contributed by atoms with E-state index in [1.807, 2.05) is 18.2 Å². The maximum Gasteiger partial charge on any atom is 0.349 e. The molecule has 36 heavy (non-hydrogen) atoms. The summed E-state index contributed by atoms with van der Waals surface area (Å²) in [5, 5.41) is 6.41. The molecule has 1 heterocycles. The molecule has 3 aromatic carbocycles. The lowest BCUT2D eigenvalue weighted by molar-refractivity contribution is 0.112. The third-order valence-corrected chi connectivity index (χ3v) is 7.50. The van der Waals surface area contributed by atoms with Gasteiger partial charge in [-0.05, 0) is 85.7 Å². The first-order chi connectivity index (χ1) is 17.5. The van der Waals surface area contributed by atoms with Gasteiger partial charge in [-0.15, -0.1) is 0 Å². The number of fused-ring (bicyclic) bond motifs is 1. The molecule has 0 aromatic heterocycles. The molecule has 3 aromatic rings. The fourth-order valence-electron chi connectivity index (χ4n) is 5.46. The molecule has 2 aliphatic rings. The number of rotatable bonds is 6. The lowest BCUT2D eigenvalue weighted by atomic mass is 9.82. The van der Waals surface area contributed by atoms with Crippen molar-refractivity contribution < 1.29 is 9.59 Å². The highest BCUT2D eigenvalue weighted by Crippen LogP contribution is 2.39. The van der Waals surface area contributed by atoms with Gasteiger partial charge in [-0.2, -0.15) is 5.10 Å². The summed E-state index contributed by atoms with van der Waals surface area (Å²) in [7, 11) is 1.74. The number of amides is 2. The predicted molar refractivity (Wildman–Crippen MR) is 145 cm³/mol. The van der Waals surface area contributed by atoms with Crippen molar-refractivity contribution in [1.82, 2.24) is 5.01 Å². The van der Waals surface area contributed by atoms with Gasteiger partial charge in [-0.1, -0.05) is 49.6 Å². The molecule has 1 fully saturated rings. The minimum absolute atomic E-state index is 0.197. The second kappa shape index (κ2) is 10.5. The van der Waals surface area contributed by atoms with Gasteiger partial charge in [0.1, 0.15) is 6.29 Å². The van der Waals surface area contributed by atoms with E-state index >= 15 is 0 Å². The van der Waals surface area contributed by atoms with Crippen molar-refractivity contribution in [3.63, 3.8) is 0 Å². The Labute approximate surface area is 213 Å². The molecule has 0 bridgehead atoms. The van der Waals surface area contributed by atoms with Gasteiger partial charge in [0, 0.05) is 24.1 Å². The molecule has 5 rings (SSSR count). The van der Waals surface area contributed by atoms with Crippen molar-refractivity contribution in [2.24, 2.45) is 11.0 Å². The van der Waals surface area contributed by atoms with E-state index < -0.39 is 0 Å². The smallest absolute Gasteiger partial charge is 0.298 e. The van der Waals surface area contributed by atoms with Crippen LogP contribution in [0.15, 0.2) is 71.8 Å². The van der Waals surface area contributed by atoms with Crippen LogP contribution in [0.2, 0.25) is 0 Å². The number of hydrazone groups is 1. The molecule has 2 amide bonds. The SMILES string of the molecule is Cc1cc2c(cc1CCc1ccccc1)C(C1CCCCC1)=NN(C)C(=O)N2c1ccc(C=O)cc1. The Hall–Kier alpha value is -3.73. The highest BCUT2D eigenvalue weighted by molar-refractivity contribution is 6.14. The van der Waals surface area contributed by atoms with Crippen molar-refractivity contribution in [1.29, 1.82) is 0 Å². The van der Waals surface area contributed by atoms with E-state index in [0.717, 1.165) is 54.6 Å². The van der Waals surface area contributed by atoms with E-state index in [-0.39, 0.29) is 6.03 Å². The molecule has 1 aliphatic carbocycles. The molecular weight excluding hydrogens is 446 g/mol. The number of urea groups is 1. The molecule has 0 atom stereocenters. The first kappa shape index (κ1) is 24.0. The van der Waals surface area contributed by atoms with Gasteiger partial charge < -0.3 is 0 Å². The van der Waals surface area contributed by atoms with E-state index in [9.17, 15) is 9.59 Å². The zero-order valence-corrected chi connectivity index (χ0v) is 21.1. The molecule has 5 heteroatoms. The fraction of sp³-hybridized carbons (Fsp3) is 0.323. The number of carbonyl (C=O) groups is 2. The minimum Gasteiger partial charge on any atom is -0.298 e.